The smallest absolute Gasteiger partial charge is 0.0512 e. The van der Waals surface area contributed by atoms with Gasteiger partial charge in [0.05, 0.1) is 6.61 Å². The van der Waals surface area contributed by atoms with Gasteiger partial charge in [0.25, 0.3) is 0 Å². The zero-order chi connectivity index (χ0) is 10.7. The van der Waals surface area contributed by atoms with Gasteiger partial charge in [-0.25, -0.2) is 0 Å². The fraction of sp³-hybridized carbons (Fsp3) is 0.545. The molecule has 15 heavy (non-hydrogen) atoms. The first-order valence-electron chi connectivity index (χ1n) is 5.18. The summed E-state index contributed by atoms with van der Waals surface area (Å²) in [6.07, 6.45) is 5.60. The average Bonchev–Trinajstić information content (AvgIpc) is 2.22. The first-order chi connectivity index (χ1) is 7.25. The van der Waals surface area contributed by atoms with Gasteiger partial charge in [-0.1, -0.05) is 0 Å². The monoisotopic (exact) mass is 270 g/mol. The molecule has 3 nitrogen and oxygen atoms in total. The van der Waals surface area contributed by atoms with Crippen LogP contribution in [0.25, 0.3) is 0 Å². The van der Waals surface area contributed by atoms with E-state index in [4.69, 9.17) is 10.5 Å². The average molecular weight is 271 g/mol. The highest BCUT2D eigenvalue weighted by atomic mass is 79.9. The molecule has 82 valence electrons. The zero-order valence-electron chi connectivity index (χ0n) is 8.53. The maximum Gasteiger partial charge on any atom is 0.0512 e. The predicted octanol–water partition coefficient (Wildman–Crippen LogP) is 1.75. The highest BCUT2D eigenvalue weighted by Crippen LogP contribution is 2.19. The van der Waals surface area contributed by atoms with Crippen LogP contribution < -0.4 is 5.73 Å². The molecule has 1 aromatic heterocycles. The molecule has 0 radical (unpaired) electrons. The van der Waals surface area contributed by atoms with E-state index in [1.807, 2.05) is 6.20 Å². The van der Waals surface area contributed by atoms with Gasteiger partial charge < -0.3 is 10.5 Å². The number of aromatic nitrogens is 1. The largest absolute Gasteiger partial charge is 0.381 e. The highest BCUT2D eigenvalue weighted by molar-refractivity contribution is 9.10. The molecular weight excluding hydrogens is 256 g/mol. The molecule has 1 aliphatic heterocycles. The minimum atomic E-state index is 0.262. The Morgan fingerprint density at radius 1 is 1.53 bits per heavy atom. The summed E-state index contributed by atoms with van der Waals surface area (Å²) in [5.74, 6) is 0.426. The van der Waals surface area contributed by atoms with E-state index in [0.717, 1.165) is 30.5 Å². The van der Waals surface area contributed by atoms with Gasteiger partial charge in [-0.3, -0.25) is 4.98 Å². The van der Waals surface area contributed by atoms with Crippen molar-refractivity contribution in [3.8, 4) is 0 Å². The van der Waals surface area contributed by atoms with Crippen molar-refractivity contribution in [2.24, 2.45) is 11.7 Å². The van der Waals surface area contributed by atoms with E-state index in [-0.39, 0.29) is 6.04 Å². The summed E-state index contributed by atoms with van der Waals surface area (Å²) in [5, 5.41) is 0. The Kier molecular flexibility index (Phi) is 3.72. The molecular formula is C11H15BrN2O. The van der Waals surface area contributed by atoms with Crippen LogP contribution in [0.2, 0.25) is 0 Å². The lowest BCUT2D eigenvalue weighted by atomic mass is 9.91. The van der Waals surface area contributed by atoms with E-state index in [1.165, 1.54) is 5.56 Å². The van der Waals surface area contributed by atoms with E-state index in [0.29, 0.717) is 5.92 Å². The maximum absolute atomic E-state index is 6.05. The van der Waals surface area contributed by atoms with Crippen LogP contribution in [0, 0.1) is 5.92 Å². The van der Waals surface area contributed by atoms with Crippen molar-refractivity contribution in [2.75, 3.05) is 13.2 Å². The molecule has 0 amide bonds. The van der Waals surface area contributed by atoms with Crippen LogP contribution in [0.3, 0.4) is 0 Å². The number of halogens is 1. The Labute approximate surface area is 98.2 Å². The van der Waals surface area contributed by atoms with Crippen molar-refractivity contribution in [1.82, 2.24) is 4.98 Å². The molecule has 0 aromatic carbocycles. The molecule has 1 fully saturated rings. The van der Waals surface area contributed by atoms with Crippen LogP contribution in [0.1, 0.15) is 12.0 Å². The van der Waals surface area contributed by atoms with Gasteiger partial charge in [0.1, 0.15) is 0 Å². The number of nitrogens with two attached hydrogens (primary N) is 1. The molecule has 2 heterocycles. The molecule has 2 unspecified atom stereocenters. The summed E-state index contributed by atoms with van der Waals surface area (Å²) in [4.78, 5) is 4.15. The van der Waals surface area contributed by atoms with E-state index in [9.17, 15) is 0 Å². The normalized spacial score (nSPS) is 26.5. The van der Waals surface area contributed by atoms with Crippen LogP contribution in [-0.2, 0) is 11.2 Å². The van der Waals surface area contributed by atoms with Gasteiger partial charge in [0, 0.05) is 35.4 Å². The van der Waals surface area contributed by atoms with E-state index < -0.39 is 0 Å². The molecule has 1 aromatic rings. The quantitative estimate of drug-likeness (QED) is 0.891. The van der Waals surface area contributed by atoms with Gasteiger partial charge in [-0.2, -0.15) is 0 Å². The SMILES string of the molecule is NC1CCOCC1Cc1cncc(Br)c1. The Morgan fingerprint density at radius 3 is 3.13 bits per heavy atom. The molecule has 2 N–H and O–H groups in total. The number of ether oxygens (including phenoxy) is 1. The lowest BCUT2D eigenvalue weighted by Crippen LogP contribution is -2.39. The van der Waals surface area contributed by atoms with E-state index in [1.54, 1.807) is 6.20 Å². The molecule has 0 saturated carbocycles. The molecule has 1 saturated heterocycles. The third kappa shape index (κ3) is 3.00. The second kappa shape index (κ2) is 5.05. The zero-order valence-corrected chi connectivity index (χ0v) is 10.1. The molecule has 4 heteroatoms. The van der Waals surface area contributed by atoms with Crippen LogP contribution >= 0.6 is 15.9 Å². The molecule has 2 rings (SSSR count). The Bertz CT molecular complexity index is 332. The first-order valence-corrected chi connectivity index (χ1v) is 5.98. The summed E-state index contributed by atoms with van der Waals surface area (Å²) in [6, 6.07) is 2.35. The second-order valence-corrected chi connectivity index (χ2v) is 4.92. The second-order valence-electron chi connectivity index (χ2n) is 4.00. The third-order valence-corrected chi connectivity index (χ3v) is 3.23. The molecule has 1 aliphatic rings. The van der Waals surface area contributed by atoms with Gasteiger partial charge in [0.2, 0.25) is 0 Å². The summed E-state index contributed by atoms with van der Waals surface area (Å²) >= 11 is 3.42. The number of rotatable bonds is 2. The van der Waals surface area contributed by atoms with Crippen molar-refractivity contribution >= 4 is 15.9 Å². The van der Waals surface area contributed by atoms with Crippen LogP contribution in [-0.4, -0.2) is 24.2 Å². The highest BCUT2D eigenvalue weighted by Gasteiger charge is 2.22. The van der Waals surface area contributed by atoms with Gasteiger partial charge in [-0.15, -0.1) is 0 Å². The van der Waals surface area contributed by atoms with Crippen molar-refractivity contribution in [3.63, 3.8) is 0 Å². The van der Waals surface area contributed by atoms with Crippen molar-refractivity contribution in [1.29, 1.82) is 0 Å². The summed E-state index contributed by atoms with van der Waals surface area (Å²) in [6.45, 7) is 1.57. The van der Waals surface area contributed by atoms with Gasteiger partial charge in [-0.05, 0) is 40.4 Å². The Hall–Kier alpha value is -0.450. The lowest BCUT2D eigenvalue weighted by Gasteiger charge is -2.28. The molecule has 0 aliphatic carbocycles. The van der Waals surface area contributed by atoms with Crippen molar-refractivity contribution in [3.05, 3.63) is 28.5 Å². The number of hydrogen-bond acceptors (Lipinski definition) is 3. The standard InChI is InChI=1S/C11H15BrN2O/c12-10-4-8(5-14-6-10)3-9-7-15-2-1-11(9)13/h4-6,9,11H,1-3,7,13H2. The summed E-state index contributed by atoms with van der Waals surface area (Å²) < 4.78 is 6.46. The van der Waals surface area contributed by atoms with E-state index in [2.05, 4.69) is 27.0 Å². The number of hydrogen-bond donors (Lipinski definition) is 1. The van der Waals surface area contributed by atoms with E-state index >= 15 is 0 Å². The minimum absolute atomic E-state index is 0.262. The maximum atomic E-state index is 6.05. The van der Waals surface area contributed by atoms with Gasteiger partial charge >= 0.3 is 0 Å². The fourth-order valence-corrected chi connectivity index (χ4v) is 2.31. The minimum Gasteiger partial charge on any atom is -0.381 e. The first kappa shape index (κ1) is 11.0. The van der Waals surface area contributed by atoms with Crippen molar-refractivity contribution < 1.29 is 4.74 Å². The Balaban J connectivity index is 2.01. The third-order valence-electron chi connectivity index (χ3n) is 2.79. The Morgan fingerprint density at radius 2 is 2.40 bits per heavy atom. The van der Waals surface area contributed by atoms with Crippen LogP contribution in [0.15, 0.2) is 22.9 Å². The topological polar surface area (TPSA) is 48.1 Å². The summed E-state index contributed by atoms with van der Waals surface area (Å²) in [7, 11) is 0. The molecule has 2 atom stereocenters. The van der Waals surface area contributed by atoms with Crippen LogP contribution in [0.5, 0.6) is 0 Å². The number of nitrogens with zero attached hydrogens (tertiary/aromatic N) is 1. The fourth-order valence-electron chi connectivity index (χ4n) is 1.89. The van der Waals surface area contributed by atoms with Gasteiger partial charge in [0.15, 0.2) is 0 Å². The lowest BCUT2D eigenvalue weighted by molar-refractivity contribution is 0.0422. The summed E-state index contributed by atoms with van der Waals surface area (Å²) in [5.41, 5.74) is 7.27. The number of pyridine rings is 1. The molecule has 0 spiro atoms. The predicted molar refractivity (Wildman–Crippen MR) is 62.5 cm³/mol. The molecule has 0 bridgehead atoms. The van der Waals surface area contributed by atoms with Crippen molar-refractivity contribution in [2.45, 2.75) is 18.9 Å². The van der Waals surface area contributed by atoms with Crippen LogP contribution in [0.4, 0.5) is 0 Å².